The Hall–Kier alpha value is -2.68. The number of hydrogen-bond acceptors (Lipinski definition) is 5. The lowest BCUT2D eigenvalue weighted by Crippen LogP contribution is -2.42. The molecule has 0 heterocycles. The zero-order valence-corrected chi connectivity index (χ0v) is 21.0. The summed E-state index contributed by atoms with van der Waals surface area (Å²) < 4.78 is 62.0. The molecule has 0 aromatic heterocycles. The zero-order valence-electron chi connectivity index (χ0n) is 19.4. The topological polar surface area (TPSA) is 89.5 Å². The molecule has 176 valence electrons. The van der Waals surface area contributed by atoms with Crippen LogP contribution in [0.2, 0.25) is 0 Å². The second kappa shape index (κ2) is 9.67. The quantitative estimate of drug-likeness (QED) is 0.513. The highest BCUT2D eigenvalue weighted by molar-refractivity contribution is 7.94. The first-order valence-electron chi connectivity index (χ1n) is 10.5. The molecule has 0 amide bonds. The smallest absolute Gasteiger partial charge is 0.242 e. The summed E-state index contributed by atoms with van der Waals surface area (Å²) in [7, 11) is -6.67. The van der Waals surface area contributed by atoms with Gasteiger partial charge in [0.15, 0.2) is 9.84 Å². The van der Waals surface area contributed by atoms with E-state index in [1.807, 2.05) is 13.0 Å². The molecule has 33 heavy (non-hydrogen) atoms. The van der Waals surface area contributed by atoms with Crippen LogP contribution in [0.15, 0.2) is 70.5 Å². The summed E-state index contributed by atoms with van der Waals surface area (Å²) >= 11 is 0. The van der Waals surface area contributed by atoms with Crippen molar-refractivity contribution in [3.05, 3.63) is 88.5 Å². The van der Waals surface area contributed by atoms with Crippen molar-refractivity contribution in [2.75, 3.05) is 7.11 Å². The van der Waals surface area contributed by atoms with Crippen LogP contribution in [0.5, 0.6) is 5.75 Å². The fraction of sp³-hybridized carbons (Fsp3) is 0.280. The molecule has 1 unspecified atom stereocenters. The normalized spacial score (nSPS) is 13.0. The number of rotatable bonds is 8. The van der Waals surface area contributed by atoms with Crippen LogP contribution in [0.25, 0.3) is 0 Å². The minimum atomic E-state index is -4.17. The van der Waals surface area contributed by atoms with Crippen molar-refractivity contribution in [3.63, 3.8) is 0 Å². The van der Waals surface area contributed by atoms with E-state index in [4.69, 9.17) is 4.74 Å². The lowest BCUT2D eigenvalue weighted by molar-refractivity contribution is 0.410. The van der Waals surface area contributed by atoms with Crippen molar-refractivity contribution in [2.24, 2.45) is 0 Å². The van der Waals surface area contributed by atoms with E-state index >= 15 is 0 Å². The van der Waals surface area contributed by atoms with Gasteiger partial charge in [-0.3, -0.25) is 0 Å². The second-order valence-electron chi connectivity index (χ2n) is 8.13. The third-order valence-corrected chi connectivity index (χ3v) is 9.61. The van der Waals surface area contributed by atoms with E-state index in [9.17, 15) is 16.8 Å². The number of hydrogen-bond donors (Lipinski definition) is 1. The number of benzene rings is 3. The summed E-state index contributed by atoms with van der Waals surface area (Å²) in [4.78, 5) is 0.133. The van der Waals surface area contributed by atoms with Gasteiger partial charge < -0.3 is 4.74 Å². The molecule has 0 radical (unpaired) electrons. The Morgan fingerprint density at radius 2 is 1.45 bits per heavy atom. The number of nitrogens with one attached hydrogen (secondary N) is 1. The Morgan fingerprint density at radius 3 is 2.03 bits per heavy atom. The van der Waals surface area contributed by atoms with Crippen LogP contribution in [0, 0.1) is 27.7 Å². The number of aryl methyl sites for hydroxylation is 2. The third-order valence-electron chi connectivity index (χ3n) is 5.74. The Labute approximate surface area is 196 Å². The first-order valence-corrected chi connectivity index (χ1v) is 13.5. The zero-order chi connectivity index (χ0) is 24.4. The average molecular weight is 488 g/mol. The summed E-state index contributed by atoms with van der Waals surface area (Å²) in [6.07, 6.45) is -0.0104. The van der Waals surface area contributed by atoms with Gasteiger partial charge in [0.2, 0.25) is 10.0 Å². The van der Waals surface area contributed by atoms with Crippen LogP contribution in [-0.2, 0) is 26.3 Å². The maximum absolute atomic E-state index is 13.5. The molecule has 3 aromatic carbocycles. The maximum Gasteiger partial charge on any atom is 0.242 e. The molecule has 0 aliphatic carbocycles. The van der Waals surface area contributed by atoms with Crippen LogP contribution in [0.1, 0.15) is 27.8 Å². The van der Waals surface area contributed by atoms with Crippen LogP contribution in [0.3, 0.4) is 0 Å². The molecule has 6 nitrogen and oxygen atoms in total. The molecule has 1 atom stereocenters. The van der Waals surface area contributed by atoms with Gasteiger partial charge in [-0.05, 0) is 68.1 Å². The molecule has 0 saturated heterocycles. The number of ether oxygens (including phenoxy) is 1. The Balaban J connectivity index is 2.10. The second-order valence-corrected chi connectivity index (χ2v) is 11.9. The molecular formula is C25H29NO5S2. The Kier molecular flexibility index (Phi) is 7.31. The summed E-state index contributed by atoms with van der Waals surface area (Å²) in [6, 6.07) is 17.0. The number of sulfone groups is 1. The van der Waals surface area contributed by atoms with Crippen LogP contribution >= 0.6 is 0 Å². The van der Waals surface area contributed by atoms with Gasteiger partial charge in [0.25, 0.3) is 0 Å². The Bertz CT molecular complexity index is 1350. The van der Waals surface area contributed by atoms with Gasteiger partial charge in [-0.2, -0.15) is 4.72 Å². The van der Waals surface area contributed by atoms with Gasteiger partial charge in [-0.1, -0.05) is 48.0 Å². The first kappa shape index (κ1) is 25.0. The minimum Gasteiger partial charge on any atom is -0.496 e. The Morgan fingerprint density at radius 1 is 0.848 bits per heavy atom. The molecule has 0 fully saturated rings. The van der Waals surface area contributed by atoms with E-state index < -0.39 is 25.2 Å². The van der Waals surface area contributed by atoms with Crippen LogP contribution in [0.4, 0.5) is 0 Å². The molecule has 0 aliphatic heterocycles. The average Bonchev–Trinajstić information content (AvgIpc) is 2.76. The number of sulfonamides is 1. The molecule has 1 N–H and O–H groups in total. The van der Waals surface area contributed by atoms with Crippen LogP contribution in [-0.4, -0.2) is 29.3 Å². The predicted octanol–water partition coefficient (Wildman–Crippen LogP) is 4.25. The molecule has 3 rings (SSSR count). The van der Waals surface area contributed by atoms with E-state index in [1.54, 1.807) is 63.2 Å². The number of methoxy groups -OCH3 is 1. The van der Waals surface area contributed by atoms with Gasteiger partial charge in [-0.25, -0.2) is 16.8 Å². The van der Waals surface area contributed by atoms with Gasteiger partial charge in [0.05, 0.1) is 16.9 Å². The predicted molar refractivity (Wildman–Crippen MR) is 130 cm³/mol. The minimum absolute atomic E-state index is 0.0104. The summed E-state index contributed by atoms with van der Waals surface area (Å²) in [5.41, 5.74) is 3.30. The van der Waals surface area contributed by atoms with Crippen LogP contribution < -0.4 is 9.46 Å². The highest BCUT2D eigenvalue weighted by Crippen LogP contribution is 2.31. The monoisotopic (exact) mass is 487 g/mol. The molecule has 0 saturated carbocycles. The fourth-order valence-electron chi connectivity index (χ4n) is 3.81. The van der Waals surface area contributed by atoms with Gasteiger partial charge in [-0.15, -0.1) is 0 Å². The van der Waals surface area contributed by atoms with Gasteiger partial charge in [0, 0.05) is 6.42 Å². The van der Waals surface area contributed by atoms with E-state index in [-0.39, 0.29) is 16.2 Å². The molecule has 0 aliphatic rings. The molecular weight excluding hydrogens is 458 g/mol. The standard InChI is InChI=1S/C25H29NO5S2/c1-17-11-13-22(14-12-17)32(27,28)24(16-21-9-7-6-8-10-21)26-33(29,30)25-18(2)15-23(31-5)19(3)20(25)4/h6-15,24,26H,16H2,1-5H3. The first-order chi connectivity index (χ1) is 15.5. The van der Waals surface area contributed by atoms with Gasteiger partial charge >= 0.3 is 0 Å². The highest BCUT2D eigenvalue weighted by Gasteiger charge is 2.34. The third kappa shape index (κ3) is 5.29. The lowest BCUT2D eigenvalue weighted by atomic mass is 10.1. The van der Waals surface area contributed by atoms with Crippen molar-refractivity contribution >= 4 is 19.9 Å². The van der Waals surface area contributed by atoms with Crippen molar-refractivity contribution < 1.29 is 21.6 Å². The lowest BCUT2D eigenvalue weighted by Gasteiger charge is -2.22. The molecule has 3 aromatic rings. The van der Waals surface area contributed by atoms with E-state index in [2.05, 4.69) is 4.72 Å². The van der Waals surface area contributed by atoms with E-state index in [0.29, 0.717) is 28.0 Å². The van der Waals surface area contributed by atoms with Crippen molar-refractivity contribution in [3.8, 4) is 5.75 Å². The van der Waals surface area contributed by atoms with E-state index in [1.165, 1.54) is 19.2 Å². The molecule has 8 heteroatoms. The highest BCUT2D eigenvalue weighted by atomic mass is 32.2. The molecule has 0 bridgehead atoms. The van der Waals surface area contributed by atoms with Crippen molar-refractivity contribution in [1.29, 1.82) is 0 Å². The summed E-state index contributed by atoms with van der Waals surface area (Å²) in [5, 5.41) is -1.38. The SMILES string of the molecule is COc1cc(C)c(S(=O)(=O)NC(Cc2ccccc2)S(=O)(=O)c2ccc(C)cc2)c(C)c1C. The van der Waals surface area contributed by atoms with Gasteiger partial charge in [0.1, 0.15) is 11.1 Å². The maximum atomic E-state index is 13.5. The summed E-state index contributed by atoms with van der Waals surface area (Å²) in [6.45, 7) is 7.00. The fourth-order valence-corrected chi connectivity index (χ4v) is 7.54. The van der Waals surface area contributed by atoms with Crippen molar-refractivity contribution in [2.45, 2.75) is 49.3 Å². The largest absolute Gasteiger partial charge is 0.496 e. The van der Waals surface area contributed by atoms with Crippen molar-refractivity contribution in [1.82, 2.24) is 4.72 Å². The summed E-state index contributed by atoms with van der Waals surface area (Å²) in [5.74, 6) is 0.581. The molecule has 0 spiro atoms. The van der Waals surface area contributed by atoms with E-state index in [0.717, 1.165) is 5.56 Å².